The van der Waals surface area contributed by atoms with Gasteiger partial charge in [0.15, 0.2) is 0 Å². The fourth-order valence-corrected chi connectivity index (χ4v) is 2.69. The Morgan fingerprint density at radius 3 is 3.00 bits per heavy atom. The Morgan fingerprint density at radius 1 is 1.22 bits per heavy atom. The molecule has 1 aromatic carbocycles. The SMILES string of the molecule is OCC1CCCCN1c1ncnc2ccccc12. The molecule has 1 fully saturated rings. The van der Waals surface area contributed by atoms with E-state index in [1.807, 2.05) is 24.3 Å². The van der Waals surface area contributed by atoms with Crippen molar-refractivity contribution in [1.29, 1.82) is 0 Å². The first-order chi connectivity index (χ1) is 8.90. The van der Waals surface area contributed by atoms with Crippen molar-refractivity contribution in [3.05, 3.63) is 30.6 Å². The third-order valence-electron chi connectivity index (χ3n) is 3.63. The molecule has 94 valence electrons. The van der Waals surface area contributed by atoms with Gasteiger partial charge in [0, 0.05) is 11.9 Å². The first-order valence-corrected chi connectivity index (χ1v) is 6.47. The van der Waals surface area contributed by atoms with Gasteiger partial charge in [-0.3, -0.25) is 0 Å². The molecule has 0 amide bonds. The number of aliphatic hydroxyl groups excluding tert-OH is 1. The lowest BCUT2D eigenvalue weighted by Gasteiger charge is -2.36. The van der Waals surface area contributed by atoms with E-state index in [4.69, 9.17) is 0 Å². The Labute approximate surface area is 106 Å². The zero-order chi connectivity index (χ0) is 12.4. The van der Waals surface area contributed by atoms with E-state index in [0.717, 1.165) is 36.1 Å². The Bertz CT molecular complexity index is 538. The van der Waals surface area contributed by atoms with Crippen molar-refractivity contribution in [2.75, 3.05) is 18.1 Å². The molecule has 1 N–H and O–H groups in total. The quantitative estimate of drug-likeness (QED) is 0.876. The molecule has 2 aromatic rings. The molecule has 4 nitrogen and oxygen atoms in total. The van der Waals surface area contributed by atoms with Gasteiger partial charge < -0.3 is 10.0 Å². The summed E-state index contributed by atoms with van der Waals surface area (Å²) < 4.78 is 0. The summed E-state index contributed by atoms with van der Waals surface area (Å²) in [5, 5.41) is 10.6. The van der Waals surface area contributed by atoms with Crippen molar-refractivity contribution in [2.24, 2.45) is 0 Å². The van der Waals surface area contributed by atoms with E-state index in [9.17, 15) is 5.11 Å². The van der Waals surface area contributed by atoms with E-state index >= 15 is 0 Å². The van der Waals surface area contributed by atoms with Crippen molar-refractivity contribution in [2.45, 2.75) is 25.3 Å². The van der Waals surface area contributed by atoms with Gasteiger partial charge in [-0.05, 0) is 31.4 Å². The molecule has 1 saturated heterocycles. The highest BCUT2D eigenvalue weighted by atomic mass is 16.3. The minimum absolute atomic E-state index is 0.192. The number of fused-ring (bicyclic) bond motifs is 1. The van der Waals surface area contributed by atoms with E-state index in [0.29, 0.717) is 0 Å². The van der Waals surface area contributed by atoms with Crippen LogP contribution in [0.1, 0.15) is 19.3 Å². The smallest absolute Gasteiger partial charge is 0.140 e. The number of rotatable bonds is 2. The van der Waals surface area contributed by atoms with Gasteiger partial charge in [0.25, 0.3) is 0 Å². The third-order valence-corrected chi connectivity index (χ3v) is 3.63. The van der Waals surface area contributed by atoms with Crippen LogP contribution >= 0.6 is 0 Å². The molecule has 2 heterocycles. The highest BCUT2D eigenvalue weighted by Crippen LogP contribution is 2.28. The van der Waals surface area contributed by atoms with Crippen LogP contribution in [0, 0.1) is 0 Å². The lowest BCUT2D eigenvalue weighted by molar-refractivity contribution is 0.239. The van der Waals surface area contributed by atoms with Gasteiger partial charge in [0.1, 0.15) is 12.1 Å². The van der Waals surface area contributed by atoms with Crippen molar-refractivity contribution in [3.8, 4) is 0 Å². The Balaban J connectivity index is 2.07. The molecular weight excluding hydrogens is 226 g/mol. The summed E-state index contributed by atoms with van der Waals surface area (Å²) in [6.07, 6.45) is 5.00. The molecule has 0 bridgehead atoms. The van der Waals surface area contributed by atoms with Gasteiger partial charge in [-0.2, -0.15) is 0 Å². The molecule has 1 atom stereocenters. The van der Waals surface area contributed by atoms with E-state index < -0.39 is 0 Å². The topological polar surface area (TPSA) is 49.2 Å². The van der Waals surface area contributed by atoms with Crippen molar-refractivity contribution >= 4 is 16.7 Å². The lowest BCUT2D eigenvalue weighted by Crippen LogP contribution is -2.42. The van der Waals surface area contributed by atoms with Crippen LogP contribution in [-0.2, 0) is 0 Å². The molecule has 0 saturated carbocycles. The number of anilines is 1. The number of hydrogen-bond acceptors (Lipinski definition) is 4. The molecule has 0 spiro atoms. The lowest BCUT2D eigenvalue weighted by atomic mass is 10.0. The second kappa shape index (κ2) is 4.90. The molecular formula is C14H17N3O. The van der Waals surface area contributed by atoms with E-state index in [-0.39, 0.29) is 12.6 Å². The number of aromatic nitrogens is 2. The maximum atomic E-state index is 9.51. The summed E-state index contributed by atoms with van der Waals surface area (Å²) >= 11 is 0. The molecule has 1 aromatic heterocycles. The van der Waals surface area contributed by atoms with Crippen LogP contribution in [-0.4, -0.2) is 34.3 Å². The number of nitrogens with zero attached hydrogens (tertiary/aromatic N) is 3. The highest BCUT2D eigenvalue weighted by Gasteiger charge is 2.24. The largest absolute Gasteiger partial charge is 0.394 e. The van der Waals surface area contributed by atoms with E-state index in [1.165, 1.54) is 6.42 Å². The van der Waals surface area contributed by atoms with Crippen molar-refractivity contribution in [3.63, 3.8) is 0 Å². The fourth-order valence-electron chi connectivity index (χ4n) is 2.69. The summed E-state index contributed by atoms with van der Waals surface area (Å²) in [6, 6.07) is 8.23. The minimum Gasteiger partial charge on any atom is -0.394 e. The first kappa shape index (κ1) is 11.4. The first-order valence-electron chi connectivity index (χ1n) is 6.47. The van der Waals surface area contributed by atoms with Crippen LogP contribution in [0.15, 0.2) is 30.6 Å². The molecule has 0 radical (unpaired) electrons. The second-order valence-electron chi connectivity index (χ2n) is 4.74. The van der Waals surface area contributed by atoms with Gasteiger partial charge in [0.05, 0.1) is 18.2 Å². The highest BCUT2D eigenvalue weighted by molar-refractivity contribution is 5.89. The summed E-state index contributed by atoms with van der Waals surface area (Å²) in [7, 11) is 0. The molecule has 1 aliphatic heterocycles. The molecule has 4 heteroatoms. The number of piperidine rings is 1. The predicted molar refractivity (Wildman–Crippen MR) is 71.6 cm³/mol. The zero-order valence-corrected chi connectivity index (χ0v) is 10.3. The average Bonchev–Trinajstić information content (AvgIpc) is 2.46. The molecule has 0 aliphatic carbocycles. The van der Waals surface area contributed by atoms with Crippen LogP contribution in [0.25, 0.3) is 10.9 Å². The number of benzene rings is 1. The van der Waals surface area contributed by atoms with Crippen LogP contribution in [0.5, 0.6) is 0 Å². The molecule has 1 unspecified atom stereocenters. The maximum absolute atomic E-state index is 9.51. The molecule has 18 heavy (non-hydrogen) atoms. The summed E-state index contributed by atoms with van der Waals surface area (Å²) in [6.45, 7) is 1.16. The number of hydrogen-bond donors (Lipinski definition) is 1. The van der Waals surface area contributed by atoms with Crippen molar-refractivity contribution in [1.82, 2.24) is 9.97 Å². The van der Waals surface area contributed by atoms with Gasteiger partial charge in [-0.15, -0.1) is 0 Å². The van der Waals surface area contributed by atoms with Gasteiger partial charge in [-0.25, -0.2) is 9.97 Å². The van der Waals surface area contributed by atoms with Gasteiger partial charge in [0.2, 0.25) is 0 Å². The Hall–Kier alpha value is -1.68. The van der Waals surface area contributed by atoms with Gasteiger partial charge >= 0.3 is 0 Å². The predicted octanol–water partition coefficient (Wildman–Crippen LogP) is 1.98. The Morgan fingerprint density at radius 2 is 2.11 bits per heavy atom. The summed E-state index contributed by atoms with van der Waals surface area (Å²) in [5.74, 6) is 0.958. The normalized spacial score (nSPS) is 20.3. The standard InChI is InChI=1S/C14H17N3O/c18-9-11-5-3-4-8-17(11)14-12-6-1-2-7-13(12)15-10-16-14/h1-2,6-7,10-11,18H,3-5,8-9H2. The summed E-state index contributed by atoms with van der Waals surface area (Å²) in [4.78, 5) is 10.9. The fraction of sp³-hybridized carbons (Fsp3) is 0.429. The van der Waals surface area contributed by atoms with Crippen LogP contribution < -0.4 is 4.90 Å². The van der Waals surface area contributed by atoms with E-state index in [2.05, 4.69) is 14.9 Å². The third kappa shape index (κ3) is 1.93. The number of aliphatic hydroxyl groups is 1. The Kier molecular flexibility index (Phi) is 3.11. The average molecular weight is 243 g/mol. The second-order valence-corrected chi connectivity index (χ2v) is 4.74. The molecule has 3 rings (SSSR count). The minimum atomic E-state index is 0.192. The van der Waals surface area contributed by atoms with Crippen LogP contribution in [0.4, 0.5) is 5.82 Å². The maximum Gasteiger partial charge on any atom is 0.140 e. The van der Waals surface area contributed by atoms with E-state index in [1.54, 1.807) is 6.33 Å². The summed E-state index contributed by atoms with van der Waals surface area (Å²) in [5.41, 5.74) is 0.963. The molecule has 1 aliphatic rings. The number of para-hydroxylation sites is 1. The monoisotopic (exact) mass is 243 g/mol. The van der Waals surface area contributed by atoms with Crippen LogP contribution in [0.2, 0.25) is 0 Å². The van der Waals surface area contributed by atoms with Crippen LogP contribution in [0.3, 0.4) is 0 Å². The zero-order valence-electron chi connectivity index (χ0n) is 10.3. The van der Waals surface area contributed by atoms with Crippen molar-refractivity contribution < 1.29 is 5.11 Å². The van der Waals surface area contributed by atoms with Gasteiger partial charge in [-0.1, -0.05) is 12.1 Å².